The van der Waals surface area contributed by atoms with Gasteiger partial charge in [-0.3, -0.25) is 9.59 Å². The van der Waals surface area contributed by atoms with Crippen LogP contribution in [0.2, 0.25) is 0 Å². The van der Waals surface area contributed by atoms with Crippen LogP contribution in [0.4, 0.5) is 0 Å². The van der Waals surface area contributed by atoms with Crippen LogP contribution in [-0.4, -0.2) is 25.0 Å². The van der Waals surface area contributed by atoms with E-state index in [1.807, 2.05) is 12.1 Å². The van der Waals surface area contributed by atoms with Gasteiger partial charge < -0.3 is 14.5 Å². The Morgan fingerprint density at radius 1 is 1.23 bits per heavy atom. The summed E-state index contributed by atoms with van der Waals surface area (Å²) in [4.78, 5) is 24.4. The lowest BCUT2D eigenvalue weighted by atomic mass is 9.94. The van der Waals surface area contributed by atoms with Crippen LogP contribution in [0.1, 0.15) is 50.2 Å². The van der Waals surface area contributed by atoms with E-state index in [1.165, 1.54) is 7.11 Å². The minimum absolute atomic E-state index is 0.0206. The van der Waals surface area contributed by atoms with E-state index in [9.17, 15) is 9.59 Å². The van der Waals surface area contributed by atoms with Gasteiger partial charge in [-0.1, -0.05) is 19.3 Å². The van der Waals surface area contributed by atoms with Crippen molar-refractivity contribution in [2.45, 2.75) is 50.5 Å². The van der Waals surface area contributed by atoms with Gasteiger partial charge in [0.05, 0.1) is 19.3 Å². The molecule has 0 unspecified atom stereocenters. The highest BCUT2D eigenvalue weighted by atomic mass is 16.5. The summed E-state index contributed by atoms with van der Waals surface area (Å²) in [7, 11) is 1.42. The Hall–Kier alpha value is -1.78. The molecule has 5 nitrogen and oxygen atoms in total. The Bertz CT molecular complexity index is 525. The Morgan fingerprint density at radius 3 is 2.77 bits per heavy atom. The van der Waals surface area contributed by atoms with Crippen LogP contribution in [0.3, 0.4) is 0 Å². The molecular weight excluding hydrogens is 282 g/mol. The molecule has 0 aromatic carbocycles. The Morgan fingerprint density at radius 2 is 2.05 bits per heavy atom. The fourth-order valence-electron chi connectivity index (χ4n) is 3.51. The average molecular weight is 305 g/mol. The van der Waals surface area contributed by atoms with Crippen molar-refractivity contribution in [2.24, 2.45) is 11.8 Å². The number of hydrogen-bond acceptors (Lipinski definition) is 4. The van der Waals surface area contributed by atoms with Gasteiger partial charge in [0.2, 0.25) is 5.91 Å². The SMILES string of the molecule is COC(=O)[C@@H]1CCCCC[C@@H]1NC(=O)[C@@H]1C[C@@H]1c1ccco1. The van der Waals surface area contributed by atoms with Gasteiger partial charge >= 0.3 is 5.97 Å². The molecule has 0 saturated heterocycles. The number of ether oxygens (including phenoxy) is 1. The summed E-state index contributed by atoms with van der Waals surface area (Å²) in [6, 6.07) is 3.67. The first-order valence-corrected chi connectivity index (χ1v) is 8.12. The van der Waals surface area contributed by atoms with Crippen molar-refractivity contribution in [3.8, 4) is 0 Å². The third kappa shape index (κ3) is 3.18. The summed E-state index contributed by atoms with van der Waals surface area (Å²) >= 11 is 0. The highest BCUT2D eigenvalue weighted by Gasteiger charge is 2.47. The first kappa shape index (κ1) is 15.1. The lowest BCUT2D eigenvalue weighted by molar-refractivity contribution is -0.147. The number of methoxy groups -OCH3 is 1. The van der Waals surface area contributed by atoms with E-state index < -0.39 is 0 Å². The summed E-state index contributed by atoms with van der Waals surface area (Å²) in [5, 5.41) is 3.10. The number of esters is 1. The third-order valence-electron chi connectivity index (χ3n) is 4.88. The zero-order valence-electron chi connectivity index (χ0n) is 12.9. The Kier molecular flexibility index (Phi) is 4.50. The normalized spacial score (nSPS) is 31.1. The standard InChI is InChI=1S/C17H23NO4/c1-21-17(20)11-6-3-2-4-7-14(11)18-16(19)13-10-12(13)15-8-5-9-22-15/h5,8-9,11-14H,2-4,6-7,10H2,1H3,(H,18,19)/t11-,12+,13-,14+/m1/s1. The summed E-state index contributed by atoms with van der Waals surface area (Å²) in [6.07, 6.45) is 7.29. The number of furan rings is 1. The summed E-state index contributed by atoms with van der Waals surface area (Å²) in [6.45, 7) is 0. The van der Waals surface area contributed by atoms with Crippen molar-refractivity contribution >= 4 is 11.9 Å². The molecule has 2 saturated carbocycles. The maximum absolute atomic E-state index is 12.4. The van der Waals surface area contributed by atoms with Crippen LogP contribution in [0, 0.1) is 11.8 Å². The molecule has 22 heavy (non-hydrogen) atoms. The van der Waals surface area contributed by atoms with E-state index in [0.29, 0.717) is 0 Å². The lowest BCUT2D eigenvalue weighted by Crippen LogP contribution is -2.44. The van der Waals surface area contributed by atoms with E-state index in [4.69, 9.17) is 9.15 Å². The van der Waals surface area contributed by atoms with Crippen molar-refractivity contribution in [1.82, 2.24) is 5.32 Å². The summed E-state index contributed by atoms with van der Waals surface area (Å²) in [5.41, 5.74) is 0. The zero-order chi connectivity index (χ0) is 15.5. The molecule has 2 aliphatic carbocycles. The molecule has 2 fully saturated rings. The number of nitrogens with one attached hydrogen (secondary N) is 1. The van der Waals surface area contributed by atoms with Gasteiger partial charge in [-0.15, -0.1) is 0 Å². The molecule has 0 aliphatic heterocycles. The van der Waals surface area contributed by atoms with Gasteiger partial charge in [0, 0.05) is 17.9 Å². The van der Waals surface area contributed by atoms with Crippen LogP contribution in [0.15, 0.2) is 22.8 Å². The van der Waals surface area contributed by atoms with Gasteiger partial charge in [0.25, 0.3) is 0 Å². The molecule has 3 rings (SSSR count). The molecule has 5 heteroatoms. The van der Waals surface area contributed by atoms with Crippen LogP contribution in [0.25, 0.3) is 0 Å². The van der Waals surface area contributed by atoms with E-state index in [0.717, 1.165) is 44.3 Å². The molecule has 1 heterocycles. The zero-order valence-corrected chi connectivity index (χ0v) is 12.9. The molecule has 1 aromatic rings. The van der Waals surface area contributed by atoms with Gasteiger partial charge in [-0.2, -0.15) is 0 Å². The highest BCUT2D eigenvalue weighted by Crippen LogP contribution is 2.47. The van der Waals surface area contributed by atoms with Crippen LogP contribution < -0.4 is 5.32 Å². The Labute approximate surface area is 130 Å². The fourth-order valence-corrected chi connectivity index (χ4v) is 3.51. The number of carbonyl (C=O) groups is 2. The van der Waals surface area contributed by atoms with Crippen LogP contribution >= 0.6 is 0 Å². The first-order chi connectivity index (χ1) is 10.7. The maximum Gasteiger partial charge on any atom is 0.310 e. The molecule has 4 atom stereocenters. The topological polar surface area (TPSA) is 68.5 Å². The number of carbonyl (C=O) groups excluding carboxylic acids is 2. The van der Waals surface area contributed by atoms with Gasteiger partial charge in [0.1, 0.15) is 5.76 Å². The lowest BCUT2D eigenvalue weighted by Gasteiger charge is -2.24. The van der Waals surface area contributed by atoms with Gasteiger partial charge in [-0.25, -0.2) is 0 Å². The minimum Gasteiger partial charge on any atom is -0.469 e. The molecule has 120 valence electrons. The molecule has 1 N–H and O–H groups in total. The monoisotopic (exact) mass is 305 g/mol. The predicted molar refractivity (Wildman–Crippen MR) is 80.1 cm³/mol. The van der Waals surface area contributed by atoms with Crippen molar-refractivity contribution < 1.29 is 18.7 Å². The molecule has 1 amide bonds. The number of amides is 1. The van der Waals surface area contributed by atoms with Crippen molar-refractivity contribution in [1.29, 1.82) is 0 Å². The highest BCUT2D eigenvalue weighted by molar-refractivity contribution is 5.84. The van der Waals surface area contributed by atoms with E-state index in [-0.39, 0.29) is 35.7 Å². The van der Waals surface area contributed by atoms with Crippen LogP contribution in [0.5, 0.6) is 0 Å². The number of hydrogen-bond donors (Lipinski definition) is 1. The minimum atomic E-state index is -0.211. The fraction of sp³-hybridized carbons (Fsp3) is 0.647. The van der Waals surface area contributed by atoms with Gasteiger partial charge in [-0.05, 0) is 31.4 Å². The smallest absolute Gasteiger partial charge is 0.310 e. The molecular formula is C17H23NO4. The average Bonchev–Trinajstić information content (AvgIpc) is 3.21. The third-order valence-corrected chi connectivity index (χ3v) is 4.88. The van der Waals surface area contributed by atoms with Crippen molar-refractivity contribution in [3.05, 3.63) is 24.2 Å². The molecule has 0 bridgehead atoms. The van der Waals surface area contributed by atoms with Crippen molar-refractivity contribution in [2.75, 3.05) is 7.11 Å². The number of rotatable bonds is 4. The molecule has 2 aliphatic rings. The van der Waals surface area contributed by atoms with Gasteiger partial charge in [0.15, 0.2) is 0 Å². The quantitative estimate of drug-likeness (QED) is 0.686. The summed E-state index contributed by atoms with van der Waals surface area (Å²) < 4.78 is 10.3. The van der Waals surface area contributed by atoms with Crippen molar-refractivity contribution in [3.63, 3.8) is 0 Å². The molecule has 1 aromatic heterocycles. The summed E-state index contributed by atoms with van der Waals surface area (Å²) in [5.74, 6) is 0.681. The van der Waals surface area contributed by atoms with E-state index in [2.05, 4.69) is 5.32 Å². The van der Waals surface area contributed by atoms with Crippen LogP contribution in [-0.2, 0) is 14.3 Å². The largest absolute Gasteiger partial charge is 0.469 e. The van der Waals surface area contributed by atoms with E-state index >= 15 is 0 Å². The Balaban J connectivity index is 1.60. The molecule has 0 spiro atoms. The van der Waals surface area contributed by atoms with E-state index in [1.54, 1.807) is 6.26 Å². The second-order valence-corrected chi connectivity index (χ2v) is 6.35. The second kappa shape index (κ2) is 6.55. The molecule has 0 radical (unpaired) electrons. The predicted octanol–water partition coefficient (Wildman–Crippen LogP) is 2.62. The maximum atomic E-state index is 12.4. The first-order valence-electron chi connectivity index (χ1n) is 8.12. The second-order valence-electron chi connectivity index (χ2n) is 6.35.